The summed E-state index contributed by atoms with van der Waals surface area (Å²) in [6, 6.07) is 8.25. The molecule has 4 heterocycles. The molecule has 0 atom stereocenters. The van der Waals surface area contributed by atoms with Gasteiger partial charge < -0.3 is 19.0 Å². The zero-order valence-electron chi connectivity index (χ0n) is 16.7. The molecule has 0 saturated carbocycles. The Balaban J connectivity index is 1.28. The van der Waals surface area contributed by atoms with Crippen LogP contribution in [-0.2, 0) is 4.74 Å². The van der Waals surface area contributed by atoms with Gasteiger partial charge in [0.1, 0.15) is 5.76 Å². The maximum Gasteiger partial charge on any atom is 0.276 e. The molecule has 1 amide bonds. The Kier molecular flexibility index (Phi) is 4.55. The summed E-state index contributed by atoms with van der Waals surface area (Å²) in [5.74, 6) is 1.07. The molecule has 0 unspecified atom stereocenters. The lowest BCUT2D eigenvalue weighted by molar-refractivity contribution is -0.0869. The Labute approximate surface area is 173 Å². The number of carbonyl (C=O) groups excluding carboxylic acids is 1. The zero-order valence-corrected chi connectivity index (χ0v) is 17.5. The van der Waals surface area contributed by atoms with Gasteiger partial charge in [-0.2, -0.15) is 0 Å². The maximum atomic E-state index is 12.8. The smallest absolute Gasteiger partial charge is 0.276 e. The molecular formula is C21H24N4O3S. The molecule has 0 bridgehead atoms. The number of rotatable bonds is 2. The number of hydrogen-bond acceptors (Lipinski definition) is 7. The van der Waals surface area contributed by atoms with Gasteiger partial charge in [0.2, 0.25) is 0 Å². The van der Waals surface area contributed by atoms with Crippen molar-refractivity contribution in [3.8, 4) is 0 Å². The molecule has 0 N–H and O–H groups in total. The van der Waals surface area contributed by atoms with Crippen molar-refractivity contribution in [1.82, 2.24) is 14.9 Å². The van der Waals surface area contributed by atoms with E-state index in [4.69, 9.17) is 14.1 Å². The van der Waals surface area contributed by atoms with Gasteiger partial charge in [-0.15, -0.1) is 0 Å². The second-order valence-corrected chi connectivity index (χ2v) is 8.86. The number of amides is 1. The molecule has 2 aliphatic heterocycles. The summed E-state index contributed by atoms with van der Waals surface area (Å²) in [6.45, 7) is 7.24. The number of aromatic nitrogens is 2. The topological polar surface area (TPSA) is 71.7 Å². The molecule has 2 saturated heterocycles. The minimum atomic E-state index is -0.221. The molecule has 152 valence electrons. The van der Waals surface area contributed by atoms with Crippen molar-refractivity contribution in [2.75, 3.05) is 37.7 Å². The van der Waals surface area contributed by atoms with Crippen LogP contribution in [0, 0.1) is 13.8 Å². The van der Waals surface area contributed by atoms with Gasteiger partial charge in [0.25, 0.3) is 5.91 Å². The number of morpholine rings is 1. The Morgan fingerprint density at radius 3 is 2.66 bits per heavy atom. The summed E-state index contributed by atoms with van der Waals surface area (Å²) >= 11 is 1.73. The summed E-state index contributed by atoms with van der Waals surface area (Å²) in [5.41, 5.74) is 1.26. The molecule has 29 heavy (non-hydrogen) atoms. The van der Waals surface area contributed by atoms with Crippen LogP contribution in [-0.4, -0.2) is 59.2 Å². The Morgan fingerprint density at radius 2 is 1.93 bits per heavy atom. The highest BCUT2D eigenvalue weighted by Gasteiger charge is 2.42. The fraction of sp³-hybridized carbons (Fsp3) is 0.476. The summed E-state index contributed by atoms with van der Waals surface area (Å²) < 4.78 is 12.9. The fourth-order valence-corrected chi connectivity index (χ4v) is 5.29. The number of carbonyl (C=O) groups is 1. The minimum Gasteiger partial charge on any atom is -0.445 e. The monoisotopic (exact) mass is 412 g/mol. The van der Waals surface area contributed by atoms with Crippen LogP contribution in [0.15, 0.2) is 28.7 Å². The van der Waals surface area contributed by atoms with E-state index in [1.54, 1.807) is 25.2 Å². The van der Waals surface area contributed by atoms with E-state index in [-0.39, 0.29) is 11.5 Å². The predicted octanol–water partition coefficient (Wildman–Crippen LogP) is 3.41. The number of fused-ring (bicyclic) bond motifs is 1. The number of para-hydroxylation sites is 1. The first kappa shape index (κ1) is 18.6. The lowest BCUT2D eigenvalue weighted by Crippen LogP contribution is -2.57. The van der Waals surface area contributed by atoms with E-state index in [1.807, 2.05) is 11.0 Å². The molecule has 7 nitrogen and oxygen atoms in total. The number of oxazole rings is 1. The summed E-state index contributed by atoms with van der Waals surface area (Å²) in [7, 11) is 0. The number of piperidine rings is 1. The Bertz CT molecular complexity index is 1020. The van der Waals surface area contributed by atoms with Gasteiger partial charge in [-0.25, -0.2) is 9.97 Å². The van der Waals surface area contributed by atoms with Crippen molar-refractivity contribution in [2.24, 2.45) is 0 Å². The van der Waals surface area contributed by atoms with E-state index in [1.165, 1.54) is 4.70 Å². The first-order chi connectivity index (χ1) is 14.0. The summed E-state index contributed by atoms with van der Waals surface area (Å²) in [5, 5.41) is 1.06. The van der Waals surface area contributed by atoms with Crippen LogP contribution in [0.4, 0.5) is 5.13 Å². The van der Waals surface area contributed by atoms with E-state index in [0.29, 0.717) is 37.0 Å². The molecule has 5 rings (SSSR count). The van der Waals surface area contributed by atoms with Crippen LogP contribution in [0.25, 0.3) is 10.2 Å². The van der Waals surface area contributed by atoms with Crippen molar-refractivity contribution in [2.45, 2.75) is 32.3 Å². The SMILES string of the molecule is Cc1nc(C(=O)N2CCC3(CC2)CN(c2nc4ccccc4s2)CCO3)c(C)o1. The van der Waals surface area contributed by atoms with Crippen LogP contribution in [0.1, 0.15) is 35.0 Å². The van der Waals surface area contributed by atoms with Crippen molar-refractivity contribution < 1.29 is 13.9 Å². The highest BCUT2D eigenvalue weighted by molar-refractivity contribution is 7.22. The molecular weight excluding hydrogens is 388 g/mol. The fourth-order valence-electron chi connectivity index (χ4n) is 4.30. The molecule has 2 fully saturated rings. The van der Waals surface area contributed by atoms with Crippen molar-refractivity contribution in [3.63, 3.8) is 0 Å². The van der Waals surface area contributed by atoms with Crippen molar-refractivity contribution >= 4 is 32.6 Å². The second kappa shape index (κ2) is 7.11. The molecule has 8 heteroatoms. The van der Waals surface area contributed by atoms with Gasteiger partial charge in [-0.05, 0) is 31.9 Å². The lowest BCUT2D eigenvalue weighted by atomic mass is 9.89. The summed E-state index contributed by atoms with van der Waals surface area (Å²) in [4.78, 5) is 26.1. The normalized spacial score (nSPS) is 19.2. The average Bonchev–Trinajstić information content (AvgIpc) is 3.31. The van der Waals surface area contributed by atoms with Crippen LogP contribution in [0.2, 0.25) is 0 Å². The minimum absolute atomic E-state index is 0.0481. The van der Waals surface area contributed by atoms with E-state index >= 15 is 0 Å². The van der Waals surface area contributed by atoms with Crippen LogP contribution in [0.3, 0.4) is 0 Å². The third kappa shape index (κ3) is 3.40. The Morgan fingerprint density at radius 1 is 1.14 bits per heavy atom. The van der Waals surface area contributed by atoms with E-state index < -0.39 is 0 Å². The highest BCUT2D eigenvalue weighted by atomic mass is 32.1. The third-order valence-corrected chi connectivity index (χ3v) is 6.97. The highest BCUT2D eigenvalue weighted by Crippen LogP contribution is 2.35. The first-order valence-electron chi connectivity index (χ1n) is 10.0. The number of aryl methyl sites for hydroxylation is 2. The standard InChI is InChI=1S/C21H24N4O3S/c1-14-18(22-15(2)28-14)19(26)24-9-7-21(8-10-24)13-25(11-12-27-21)20-23-16-5-3-4-6-17(16)29-20/h3-6H,7-13H2,1-2H3. The number of thiazole rings is 1. The zero-order chi connectivity index (χ0) is 20.0. The number of hydrogen-bond donors (Lipinski definition) is 0. The average molecular weight is 413 g/mol. The molecule has 0 radical (unpaired) electrons. The quantitative estimate of drug-likeness (QED) is 0.642. The first-order valence-corrected chi connectivity index (χ1v) is 10.8. The molecule has 1 aromatic carbocycles. The van der Waals surface area contributed by atoms with Crippen LogP contribution < -0.4 is 4.90 Å². The van der Waals surface area contributed by atoms with E-state index in [9.17, 15) is 4.79 Å². The molecule has 2 aromatic heterocycles. The number of likely N-dealkylation sites (tertiary alicyclic amines) is 1. The molecule has 0 aliphatic carbocycles. The number of nitrogens with zero attached hydrogens (tertiary/aromatic N) is 4. The van der Waals surface area contributed by atoms with Crippen LogP contribution >= 0.6 is 11.3 Å². The number of ether oxygens (including phenoxy) is 1. The Hall–Kier alpha value is -2.45. The summed E-state index contributed by atoms with van der Waals surface area (Å²) in [6.07, 6.45) is 1.63. The third-order valence-electron chi connectivity index (χ3n) is 5.87. The second-order valence-electron chi connectivity index (χ2n) is 7.85. The maximum absolute atomic E-state index is 12.8. The van der Waals surface area contributed by atoms with Gasteiger partial charge in [0, 0.05) is 33.1 Å². The number of anilines is 1. The molecule has 3 aromatic rings. The van der Waals surface area contributed by atoms with Gasteiger partial charge in [0.15, 0.2) is 16.7 Å². The van der Waals surface area contributed by atoms with Crippen molar-refractivity contribution in [1.29, 1.82) is 0 Å². The van der Waals surface area contributed by atoms with Crippen molar-refractivity contribution in [3.05, 3.63) is 41.6 Å². The van der Waals surface area contributed by atoms with E-state index in [0.717, 1.165) is 36.6 Å². The number of benzene rings is 1. The van der Waals surface area contributed by atoms with Gasteiger partial charge in [0.05, 0.1) is 22.4 Å². The van der Waals surface area contributed by atoms with Gasteiger partial charge >= 0.3 is 0 Å². The van der Waals surface area contributed by atoms with Crippen LogP contribution in [0.5, 0.6) is 0 Å². The van der Waals surface area contributed by atoms with Gasteiger partial charge in [-0.3, -0.25) is 4.79 Å². The largest absolute Gasteiger partial charge is 0.445 e. The van der Waals surface area contributed by atoms with Gasteiger partial charge in [-0.1, -0.05) is 23.5 Å². The predicted molar refractivity (Wildman–Crippen MR) is 112 cm³/mol. The molecule has 2 aliphatic rings. The lowest BCUT2D eigenvalue weighted by Gasteiger charge is -2.47. The van der Waals surface area contributed by atoms with E-state index in [2.05, 4.69) is 28.1 Å². The molecule has 1 spiro atoms.